The molecule has 1 aromatic heterocycles. The van der Waals surface area contributed by atoms with E-state index in [0.717, 1.165) is 18.9 Å². The third kappa shape index (κ3) is 2.23. The zero-order chi connectivity index (χ0) is 14.6. The maximum absolute atomic E-state index is 6.21. The van der Waals surface area contributed by atoms with Gasteiger partial charge in [-0.1, -0.05) is 23.2 Å². The van der Waals surface area contributed by atoms with E-state index in [1.165, 1.54) is 25.9 Å². The van der Waals surface area contributed by atoms with Crippen LogP contribution in [0.5, 0.6) is 0 Å². The Morgan fingerprint density at radius 1 is 1.24 bits per heavy atom. The molecule has 4 aliphatic rings. The minimum atomic E-state index is -0.477. The van der Waals surface area contributed by atoms with E-state index < -0.39 is 6.35 Å². The molecule has 7 heteroatoms. The van der Waals surface area contributed by atoms with Crippen LogP contribution in [0, 0.1) is 5.92 Å². The van der Waals surface area contributed by atoms with Gasteiger partial charge in [-0.3, -0.25) is 5.73 Å². The van der Waals surface area contributed by atoms with Crippen LogP contribution in [-0.2, 0) is 4.74 Å². The van der Waals surface area contributed by atoms with Gasteiger partial charge in [-0.15, -0.1) is 0 Å². The summed E-state index contributed by atoms with van der Waals surface area (Å²) in [6.07, 6.45) is 1.90. The standard InChI is InChI=1S/C14H18Cl2N4O/c15-10-1-2-11(18-12(10)16)20-8-14(21-13(20)17)7-19-5-3-9(14)4-6-19/h1-2,9,13H,3-8,17H2. The third-order valence-corrected chi connectivity index (χ3v) is 5.70. The van der Waals surface area contributed by atoms with E-state index >= 15 is 0 Å². The highest BCUT2D eigenvalue weighted by molar-refractivity contribution is 6.41. The molecule has 114 valence electrons. The van der Waals surface area contributed by atoms with Crippen molar-refractivity contribution in [3.8, 4) is 0 Å². The fraction of sp³-hybridized carbons (Fsp3) is 0.643. The quantitative estimate of drug-likeness (QED) is 0.798. The second-order valence-corrected chi connectivity index (χ2v) is 6.96. The fourth-order valence-corrected chi connectivity index (χ4v) is 4.19. The molecule has 5 heterocycles. The Balaban J connectivity index is 1.62. The van der Waals surface area contributed by atoms with Crippen molar-refractivity contribution in [3.05, 3.63) is 22.3 Å². The van der Waals surface area contributed by atoms with Gasteiger partial charge in [0, 0.05) is 6.54 Å². The number of hydrogen-bond acceptors (Lipinski definition) is 5. The van der Waals surface area contributed by atoms with Gasteiger partial charge in [0.25, 0.3) is 0 Å². The van der Waals surface area contributed by atoms with Gasteiger partial charge in [-0.05, 0) is 44.0 Å². The Morgan fingerprint density at radius 2 is 2.00 bits per heavy atom. The van der Waals surface area contributed by atoms with Crippen molar-refractivity contribution >= 4 is 29.0 Å². The van der Waals surface area contributed by atoms with Crippen molar-refractivity contribution < 1.29 is 4.74 Å². The van der Waals surface area contributed by atoms with Gasteiger partial charge in [-0.2, -0.15) is 0 Å². The van der Waals surface area contributed by atoms with Crippen molar-refractivity contribution in [2.45, 2.75) is 24.8 Å². The highest BCUT2D eigenvalue weighted by Crippen LogP contribution is 2.43. The van der Waals surface area contributed by atoms with E-state index in [0.29, 0.717) is 16.1 Å². The van der Waals surface area contributed by atoms with E-state index in [1.807, 2.05) is 11.0 Å². The predicted octanol–water partition coefficient (Wildman–Crippen LogP) is 1.93. The maximum atomic E-state index is 6.21. The van der Waals surface area contributed by atoms with Gasteiger partial charge in [0.1, 0.15) is 16.6 Å². The molecule has 0 aliphatic carbocycles. The molecule has 1 aromatic rings. The van der Waals surface area contributed by atoms with Crippen LogP contribution in [0.3, 0.4) is 0 Å². The first-order valence-electron chi connectivity index (χ1n) is 7.32. The Labute approximate surface area is 133 Å². The van der Waals surface area contributed by atoms with E-state index in [4.69, 9.17) is 33.7 Å². The molecule has 2 unspecified atom stereocenters. The lowest BCUT2D eigenvalue weighted by molar-refractivity contribution is -0.137. The molecule has 0 aromatic carbocycles. The van der Waals surface area contributed by atoms with Crippen LogP contribution < -0.4 is 10.6 Å². The number of hydrogen-bond donors (Lipinski definition) is 1. The number of nitrogens with zero attached hydrogens (tertiary/aromatic N) is 3. The second kappa shape index (κ2) is 4.96. The molecular weight excluding hydrogens is 311 g/mol. The number of ether oxygens (including phenoxy) is 1. The zero-order valence-electron chi connectivity index (χ0n) is 11.6. The topological polar surface area (TPSA) is 54.6 Å². The van der Waals surface area contributed by atoms with Gasteiger partial charge < -0.3 is 14.5 Å². The van der Waals surface area contributed by atoms with Crippen LogP contribution in [-0.4, -0.2) is 48.0 Å². The first kappa shape index (κ1) is 14.0. The normalized spacial score (nSPS) is 38.4. The van der Waals surface area contributed by atoms with Crippen LogP contribution in [0.4, 0.5) is 5.82 Å². The summed E-state index contributed by atoms with van der Waals surface area (Å²) >= 11 is 12.0. The van der Waals surface area contributed by atoms with Gasteiger partial charge in [0.2, 0.25) is 0 Å². The molecule has 4 saturated heterocycles. The molecule has 2 atom stereocenters. The van der Waals surface area contributed by atoms with Crippen LogP contribution >= 0.6 is 23.2 Å². The molecule has 2 N–H and O–H groups in total. The lowest BCUT2D eigenvalue weighted by Crippen LogP contribution is -2.61. The molecule has 21 heavy (non-hydrogen) atoms. The van der Waals surface area contributed by atoms with Crippen LogP contribution in [0.2, 0.25) is 10.2 Å². The summed E-state index contributed by atoms with van der Waals surface area (Å²) < 4.78 is 6.21. The van der Waals surface area contributed by atoms with E-state index in [1.54, 1.807) is 6.07 Å². The van der Waals surface area contributed by atoms with Gasteiger partial charge in [0.05, 0.1) is 11.6 Å². The van der Waals surface area contributed by atoms with Crippen LogP contribution in [0.1, 0.15) is 12.8 Å². The smallest absolute Gasteiger partial charge is 0.186 e. The molecule has 0 saturated carbocycles. The largest absolute Gasteiger partial charge is 0.335 e. The molecule has 5 nitrogen and oxygen atoms in total. The number of fused-ring (bicyclic) bond motifs is 2. The van der Waals surface area contributed by atoms with E-state index in [2.05, 4.69) is 9.88 Å². The molecule has 4 fully saturated rings. The number of piperidine rings is 3. The average molecular weight is 329 g/mol. The number of nitrogens with two attached hydrogens (primary N) is 1. The lowest BCUT2D eigenvalue weighted by Gasteiger charge is -2.50. The van der Waals surface area contributed by atoms with Crippen LogP contribution in [0.15, 0.2) is 12.1 Å². The monoisotopic (exact) mass is 328 g/mol. The van der Waals surface area contributed by atoms with E-state index in [9.17, 15) is 0 Å². The number of halogens is 2. The Kier molecular flexibility index (Phi) is 3.32. The molecular formula is C14H18Cl2N4O. The molecule has 0 radical (unpaired) electrons. The third-order valence-electron chi connectivity index (χ3n) is 5.01. The Morgan fingerprint density at radius 3 is 2.62 bits per heavy atom. The minimum Gasteiger partial charge on any atom is -0.335 e. The lowest BCUT2D eigenvalue weighted by atomic mass is 9.75. The summed E-state index contributed by atoms with van der Waals surface area (Å²) in [5.74, 6) is 1.31. The predicted molar refractivity (Wildman–Crippen MR) is 82.6 cm³/mol. The number of aromatic nitrogens is 1. The average Bonchev–Trinajstić information content (AvgIpc) is 2.79. The number of anilines is 1. The summed E-state index contributed by atoms with van der Waals surface area (Å²) in [5.41, 5.74) is 6.04. The minimum absolute atomic E-state index is 0.163. The molecule has 2 bridgehead atoms. The summed E-state index contributed by atoms with van der Waals surface area (Å²) in [4.78, 5) is 8.79. The van der Waals surface area contributed by atoms with Gasteiger partial charge in [-0.25, -0.2) is 4.98 Å². The SMILES string of the molecule is NC1OC2(CN3CCC2CC3)CN1c1ccc(Cl)c(Cl)n1. The van der Waals surface area contributed by atoms with Gasteiger partial charge in [0.15, 0.2) is 6.35 Å². The summed E-state index contributed by atoms with van der Waals surface area (Å²) in [5, 5.41) is 0.753. The zero-order valence-corrected chi connectivity index (χ0v) is 13.1. The van der Waals surface area contributed by atoms with Gasteiger partial charge >= 0.3 is 0 Å². The molecule has 4 aliphatic heterocycles. The van der Waals surface area contributed by atoms with Crippen molar-refractivity contribution in [2.75, 3.05) is 31.1 Å². The summed E-state index contributed by atoms with van der Waals surface area (Å²) in [6.45, 7) is 4.08. The highest BCUT2D eigenvalue weighted by Gasteiger charge is 2.54. The summed E-state index contributed by atoms with van der Waals surface area (Å²) in [6, 6.07) is 3.60. The van der Waals surface area contributed by atoms with Crippen molar-refractivity contribution in [1.29, 1.82) is 0 Å². The first-order valence-corrected chi connectivity index (χ1v) is 8.07. The second-order valence-electron chi connectivity index (χ2n) is 6.19. The van der Waals surface area contributed by atoms with Crippen molar-refractivity contribution in [1.82, 2.24) is 9.88 Å². The van der Waals surface area contributed by atoms with Crippen molar-refractivity contribution in [3.63, 3.8) is 0 Å². The Hall–Kier alpha value is -0.590. The number of pyridine rings is 1. The van der Waals surface area contributed by atoms with E-state index in [-0.39, 0.29) is 5.60 Å². The Bertz CT molecular complexity index is 564. The molecule has 1 spiro atoms. The first-order chi connectivity index (χ1) is 10.1. The van der Waals surface area contributed by atoms with Crippen molar-refractivity contribution in [2.24, 2.45) is 11.7 Å². The number of rotatable bonds is 1. The highest BCUT2D eigenvalue weighted by atomic mass is 35.5. The maximum Gasteiger partial charge on any atom is 0.186 e. The summed E-state index contributed by atoms with van der Waals surface area (Å²) in [7, 11) is 0. The fourth-order valence-electron chi connectivity index (χ4n) is 3.94. The molecule has 0 amide bonds. The molecule has 5 rings (SSSR count). The van der Waals surface area contributed by atoms with Crippen LogP contribution in [0.25, 0.3) is 0 Å².